The summed E-state index contributed by atoms with van der Waals surface area (Å²) in [7, 11) is 0. The number of rotatable bonds is 7. The fourth-order valence-electron chi connectivity index (χ4n) is 1.18. The van der Waals surface area contributed by atoms with Crippen LogP contribution in [0.15, 0.2) is 0 Å². The number of hydrogen-bond donors (Lipinski definition) is 0. The van der Waals surface area contributed by atoms with Crippen LogP contribution in [0.25, 0.3) is 0 Å². The van der Waals surface area contributed by atoms with E-state index < -0.39 is 0 Å². The molecule has 0 amide bonds. The lowest BCUT2D eigenvalue weighted by atomic mass is 10.1. The van der Waals surface area contributed by atoms with E-state index in [1.54, 1.807) is 0 Å². The van der Waals surface area contributed by atoms with Crippen molar-refractivity contribution in [3.63, 3.8) is 0 Å². The van der Waals surface area contributed by atoms with Crippen LogP contribution in [0, 0.1) is 17.2 Å². The molecule has 0 aromatic heterocycles. The SMILES string of the molecule is CCCC(C#N)C(OCC)OCC. The molecule has 0 N–H and O–H groups in total. The van der Waals surface area contributed by atoms with Gasteiger partial charge in [-0.3, -0.25) is 0 Å². The van der Waals surface area contributed by atoms with E-state index >= 15 is 0 Å². The second-order valence-corrected chi connectivity index (χ2v) is 2.80. The van der Waals surface area contributed by atoms with Crippen LogP contribution < -0.4 is 0 Å². The zero-order chi connectivity index (χ0) is 10.1. The standard InChI is InChI=1S/C10H19NO2/c1-4-7-9(8-11)10(12-5-2)13-6-3/h9-10H,4-7H2,1-3H3. The Bertz CT molecular complexity index is 147. The van der Waals surface area contributed by atoms with Gasteiger partial charge in [0.1, 0.15) is 0 Å². The van der Waals surface area contributed by atoms with Crippen LogP contribution in [0.4, 0.5) is 0 Å². The maximum absolute atomic E-state index is 8.87. The molecular weight excluding hydrogens is 166 g/mol. The summed E-state index contributed by atoms with van der Waals surface area (Å²) in [6, 6.07) is 2.22. The molecular formula is C10H19NO2. The fraction of sp³-hybridized carbons (Fsp3) is 0.900. The van der Waals surface area contributed by atoms with E-state index in [4.69, 9.17) is 14.7 Å². The Morgan fingerprint density at radius 2 is 1.69 bits per heavy atom. The molecule has 0 rings (SSSR count). The summed E-state index contributed by atoms with van der Waals surface area (Å²) in [6.07, 6.45) is 1.47. The van der Waals surface area contributed by atoms with Gasteiger partial charge in [0.15, 0.2) is 6.29 Å². The van der Waals surface area contributed by atoms with Gasteiger partial charge in [-0.25, -0.2) is 0 Å². The highest BCUT2D eigenvalue weighted by molar-refractivity contribution is 4.85. The zero-order valence-electron chi connectivity index (χ0n) is 8.75. The fourth-order valence-corrected chi connectivity index (χ4v) is 1.18. The molecule has 1 unspecified atom stereocenters. The van der Waals surface area contributed by atoms with Gasteiger partial charge in [-0.1, -0.05) is 13.3 Å². The minimum Gasteiger partial charge on any atom is -0.352 e. The minimum absolute atomic E-state index is 0.134. The normalized spacial score (nSPS) is 12.8. The Morgan fingerprint density at radius 1 is 1.15 bits per heavy atom. The molecule has 0 fully saturated rings. The van der Waals surface area contributed by atoms with Gasteiger partial charge in [0.05, 0.1) is 12.0 Å². The van der Waals surface area contributed by atoms with Gasteiger partial charge in [-0.05, 0) is 20.3 Å². The first-order valence-electron chi connectivity index (χ1n) is 4.92. The molecule has 0 radical (unpaired) electrons. The summed E-state index contributed by atoms with van der Waals surface area (Å²) in [6.45, 7) is 7.05. The van der Waals surface area contributed by atoms with Gasteiger partial charge in [-0.15, -0.1) is 0 Å². The number of nitrogens with zero attached hydrogens (tertiary/aromatic N) is 1. The molecule has 0 aliphatic heterocycles. The first-order chi connectivity index (χ1) is 6.29. The lowest BCUT2D eigenvalue weighted by molar-refractivity contribution is -0.157. The third-order valence-corrected chi connectivity index (χ3v) is 1.76. The van der Waals surface area contributed by atoms with Crippen molar-refractivity contribution in [3.05, 3.63) is 0 Å². The highest BCUT2D eigenvalue weighted by atomic mass is 16.7. The van der Waals surface area contributed by atoms with Crippen LogP contribution in [-0.4, -0.2) is 19.5 Å². The van der Waals surface area contributed by atoms with Gasteiger partial charge < -0.3 is 9.47 Å². The maximum atomic E-state index is 8.87. The average molecular weight is 185 g/mol. The summed E-state index contributed by atoms with van der Waals surface area (Å²) in [5, 5.41) is 8.87. The average Bonchev–Trinajstić information content (AvgIpc) is 2.14. The second-order valence-electron chi connectivity index (χ2n) is 2.80. The Kier molecular flexibility index (Phi) is 7.66. The first kappa shape index (κ1) is 12.4. The van der Waals surface area contributed by atoms with E-state index in [0.717, 1.165) is 12.8 Å². The molecule has 0 aromatic carbocycles. The maximum Gasteiger partial charge on any atom is 0.173 e. The molecule has 0 aliphatic rings. The largest absolute Gasteiger partial charge is 0.352 e. The molecule has 13 heavy (non-hydrogen) atoms. The Morgan fingerprint density at radius 3 is 2.00 bits per heavy atom. The Balaban J connectivity index is 4.05. The van der Waals surface area contributed by atoms with Crippen molar-refractivity contribution in [2.45, 2.75) is 39.9 Å². The summed E-state index contributed by atoms with van der Waals surface area (Å²) < 4.78 is 10.7. The van der Waals surface area contributed by atoms with Crippen LogP contribution in [0.3, 0.4) is 0 Å². The molecule has 0 aromatic rings. The van der Waals surface area contributed by atoms with Crippen molar-refractivity contribution >= 4 is 0 Å². The van der Waals surface area contributed by atoms with Crippen LogP contribution in [0.2, 0.25) is 0 Å². The molecule has 0 bridgehead atoms. The van der Waals surface area contributed by atoms with Crippen LogP contribution in [0.5, 0.6) is 0 Å². The molecule has 1 atom stereocenters. The monoisotopic (exact) mass is 185 g/mol. The summed E-state index contributed by atoms with van der Waals surface area (Å²) in [5.41, 5.74) is 0. The minimum atomic E-state index is -0.347. The van der Waals surface area contributed by atoms with Crippen molar-refractivity contribution < 1.29 is 9.47 Å². The Hall–Kier alpha value is -0.590. The smallest absolute Gasteiger partial charge is 0.173 e. The first-order valence-corrected chi connectivity index (χ1v) is 4.92. The quantitative estimate of drug-likeness (QED) is 0.572. The van der Waals surface area contributed by atoms with E-state index in [1.165, 1.54) is 0 Å². The molecule has 3 nitrogen and oxygen atoms in total. The highest BCUT2D eigenvalue weighted by Gasteiger charge is 2.20. The van der Waals surface area contributed by atoms with E-state index in [2.05, 4.69) is 13.0 Å². The van der Waals surface area contributed by atoms with Gasteiger partial charge in [0.2, 0.25) is 0 Å². The predicted molar refractivity (Wildman–Crippen MR) is 51.1 cm³/mol. The van der Waals surface area contributed by atoms with Crippen LogP contribution in [0.1, 0.15) is 33.6 Å². The molecule has 0 aliphatic carbocycles. The molecule has 0 saturated carbocycles. The van der Waals surface area contributed by atoms with Gasteiger partial charge in [0, 0.05) is 13.2 Å². The lowest BCUT2D eigenvalue weighted by Gasteiger charge is -2.20. The van der Waals surface area contributed by atoms with Crippen molar-refractivity contribution in [1.82, 2.24) is 0 Å². The van der Waals surface area contributed by atoms with Gasteiger partial charge in [-0.2, -0.15) is 5.26 Å². The van der Waals surface area contributed by atoms with Crippen molar-refractivity contribution in [2.24, 2.45) is 5.92 Å². The van der Waals surface area contributed by atoms with Crippen molar-refractivity contribution in [2.75, 3.05) is 13.2 Å². The number of hydrogen-bond acceptors (Lipinski definition) is 3. The van der Waals surface area contributed by atoms with Crippen molar-refractivity contribution in [3.8, 4) is 6.07 Å². The van der Waals surface area contributed by atoms with E-state index in [9.17, 15) is 0 Å². The predicted octanol–water partition coefficient (Wildman–Crippen LogP) is 2.33. The van der Waals surface area contributed by atoms with Crippen LogP contribution in [-0.2, 0) is 9.47 Å². The Labute approximate surface area is 80.6 Å². The molecule has 76 valence electrons. The molecule has 0 spiro atoms. The third-order valence-electron chi connectivity index (χ3n) is 1.76. The summed E-state index contributed by atoms with van der Waals surface area (Å²) >= 11 is 0. The van der Waals surface area contributed by atoms with Gasteiger partial charge in [0.25, 0.3) is 0 Å². The third kappa shape index (κ3) is 4.87. The highest BCUT2D eigenvalue weighted by Crippen LogP contribution is 2.14. The van der Waals surface area contributed by atoms with E-state index in [1.807, 2.05) is 13.8 Å². The topological polar surface area (TPSA) is 42.2 Å². The molecule has 3 heteroatoms. The summed E-state index contributed by atoms with van der Waals surface area (Å²) in [5.74, 6) is -0.134. The second kappa shape index (κ2) is 8.03. The van der Waals surface area contributed by atoms with Gasteiger partial charge >= 0.3 is 0 Å². The van der Waals surface area contributed by atoms with Crippen molar-refractivity contribution in [1.29, 1.82) is 5.26 Å². The lowest BCUT2D eigenvalue weighted by Crippen LogP contribution is -2.26. The molecule has 0 heterocycles. The molecule has 0 saturated heterocycles. The summed E-state index contributed by atoms with van der Waals surface area (Å²) in [4.78, 5) is 0. The number of nitriles is 1. The zero-order valence-corrected chi connectivity index (χ0v) is 8.75. The van der Waals surface area contributed by atoms with Crippen LogP contribution >= 0.6 is 0 Å². The van der Waals surface area contributed by atoms with E-state index in [0.29, 0.717) is 13.2 Å². The van der Waals surface area contributed by atoms with E-state index in [-0.39, 0.29) is 12.2 Å². The number of ether oxygens (including phenoxy) is 2.